The van der Waals surface area contributed by atoms with Gasteiger partial charge in [0, 0.05) is 62.8 Å². The van der Waals surface area contributed by atoms with E-state index in [0.717, 1.165) is 49.4 Å². The van der Waals surface area contributed by atoms with Gasteiger partial charge in [0.15, 0.2) is 5.60 Å². The molecule has 2 bridgehead atoms. The zero-order valence-electron chi connectivity index (χ0n) is 32.0. The number of anilines is 1. The molecule has 5 aliphatic rings. The van der Waals surface area contributed by atoms with Crippen LogP contribution < -0.4 is 14.4 Å². The van der Waals surface area contributed by atoms with Crippen LogP contribution in [0, 0.1) is 17.8 Å². The van der Waals surface area contributed by atoms with Crippen molar-refractivity contribution in [2.45, 2.75) is 62.6 Å². The molecule has 3 aromatic rings. The molecule has 4 heterocycles. The Morgan fingerprint density at radius 3 is 2.69 bits per heavy atom. The number of urea groups is 1. The number of nitrogens with one attached hydrogen (secondary N) is 1. The molecule has 2 aromatic carbocycles. The number of imidazole rings is 1. The molecule has 294 valence electrons. The van der Waals surface area contributed by atoms with E-state index in [0.29, 0.717) is 43.0 Å². The lowest BCUT2D eigenvalue weighted by Crippen LogP contribution is -2.65. The summed E-state index contributed by atoms with van der Waals surface area (Å²) in [6, 6.07) is 11.0. The fourth-order valence-corrected chi connectivity index (χ4v) is 11.5. The first-order valence-corrected chi connectivity index (χ1v) is 21.4. The largest absolute Gasteiger partial charge is 0.490 e. The lowest BCUT2D eigenvalue weighted by atomic mass is 9.68. The number of benzene rings is 2. The zero-order chi connectivity index (χ0) is 38.5. The Balaban J connectivity index is 1.14. The molecule has 2 aliphatic carbocycles. The molecule has 1 aromatic heterocycles. The number of carbonyl (C=O) groups excluding carboxylic acids is 2. The Bertz CT molecular complexity index is 2120. The Labute approximate surface area is 328 Å². The molecule has 1 N–H and O–H groups in total. The molecular formula is C41H51ClN6O6S. The second kappa shape index (κ2) is 14.9. The summed E-state index contributed by atoms with van der Waals surface area (Å²) in [5.74, 6) is 1.28. The minimum atomic E-state index is -3.57. The number of aromatic nitrogens is 2. The highest BCUT2D eigenvalue weighted by Crippen LogP contribution is 2.47. The van der Waals surface area contributed by atoms with E-state index < -0.39 is 27.5 Å². The van der Waals surface area contributed by atoms with E-state index in [1.807, 2.05) is 42.9 Å². The molecule has 1 unspecified atom stereocenters. The summed E-state index contributed by atoms with van der Waals surface area (Å²) in [6.07, 6.45) is 13.3. The van der Waals surface area contributed by atoms with E-state index in [2.05, 4.69) is 43.3 Å². The van der Waals surface area contributed by atoms with Crippen molar-refractivity contribution in [2.75, 3.05) is 57.7 Å². The van der Waals surface area contributed by atoms with E-state index in [-0.39, 0.29) is 41.8 Å². The maximum absolute atomic E-state index is 14.7. The number of amides is 3. The number of likely N-dealkylation sites (tertiary alicyclic amines) is 1. The van der Waals surface area contributed by atoms with Gasteiger partial charge in [0.1, 0.15) is 21.5 Å². The van der Waals surface area contributed by atoms with Crippen molar-refractivity contribution in [3.05, 3.63) is 88.5 Å². The van der Waals surface area contributed by atoms with Crippen LogP contribution in [0.15, 0.2) is 65.3 Å². The molecule has 14 heteroatoms. The third-order valence-corrected chi connectivity index (χ3v) is 14.8. The van der Waals surface area contributed by atoms with Crippen molar-refractivity contribution in [2.24, 2.45) is 29.2 Å². The maximum Gasteiger partial charge on any atom is 0.330 e. The molecule has 3 aliphatic heterocycles. The molecule has 2 fully saturated rings. The standard InChI is InChI=1S/C41H51ClN6O6S/c1-27-7-5-9-35(52-3)32-13-10-30(32)21-47-23-40(16-6-8-28-19-31(42)12-14-33(28)40)26-54-36-15-11-29(20-34(36)47)37(49)44-55(51,22-27)45-39(50)48-24-41(25-48,53-4)38-43-17-18-46(38)2/h5,9,11-12,14-15,17-20,27,30,32,35H,6-8,10,13,16,21-26H2,1-4H3,(H,44,45,49,50,51)/b9-5-/t27-,30-,32+,35-,40-,55?/m0/s1. The number of nitrogens with zero attached hydrogens (tertiary/aromatic N) is 5. The number of aryl methyl sites for hydroxylation is 2. The highest BCUT2D eigenvalue weighted by molar-refractivity contribution is 7.92. The van der Waals surface area contributed by atoms with Gasteiger partial charge in [-0.1, -0.05) is 36.7 Å². The van der Waals surface area contributed by atoms with Gasteiger partial charge < -0.3 is 28.6 Å². The average Bonchev–Trinajstić information content (AvgIpc) is 3.49. The first-order valence-electron chi connectivity index (χ1n) is 19.3. The van der Waals surface area contributed by atoms with Gasteiger partial charge in [-0.2, -0.15) is 0 Å². The molecule has 3 amide bonds. The van der Waals surface area contributed by atoms with Crippen LogP contribution in [0.1, 0.15) is 66.3 Å². The number of carbonyl (C=O) groups is 2. The molecule has 1 saturated carbocycles. The number of rotatable bonds is 4. The summed E-state index contributed by atoms with van der Waals surface area (Å²) < 4.78 is 42.2. The van der Waals surface area contributed by atoms with Crippen LogP contribution in [0.4, 0.5) is 10.5 Å². The number of hydrogen-bond acceptors (Lipinski definition) is 8. The normalized spacial score (nSPS) is 30.7. The summed E-state index contributed by atoms with van der Waals surface area (Å²) in [5, 5.41) is 0.737. The quantitative estimate of drug-likeness (QED) is 0.307. The maximum atomic E-state index is 14.7. The molecule has 1 spiro atoms. The minimum absolute atomic E-state index is 0.00668. The smallest absolute Gasteiger partial charge is 0.330 e. The van der Waals surface area contributed by atoms with E-state index in [1.54, 1.807) is 26.5 Å². The van der Waals surface area contributed by atoms with Gasteiger partial charge in [0.25, 0.3) is 5.91 Å². The molecule has 0 radical (unpaired) electrons. The summed E-state index contributed by atoms with van der Waals surface area (Å²) in [7, 11) is 1.66. The van der Waals surface area contributed by atoms with Crippen LogP contribution in [0.25, 0.3) is 0 Å². The third-order valence-electron chi connectivity index (χ3n) is 12.6. The van der Waals surface area contributed by atoms with E-state index >= 15 is 0 Å². The van der Waals surface area contributed by atoms with Crippen molar-refractivity contribution in [3.63, 3.8) is 0 Å². The Morgan fingerprint density at radius 2 is 1.96 bits per heavy atom. The van der Waals surface area contributed by atoms with Crippen molar-refractivity contribution < 1.29 is 28.0 Å². The Hall–Kier alpha value is -3.91. The van der Waals surface area contributed by atoms with Crippen molar-refractivity contribution >= 4 is 39.1 Å². The van der Waals surface area contributed by atoms with E-state index in [9.17, 15) is 13.8 Å². The summed E-state index contributed by atoms with van der Waals surface area (Å²) in [5.41, 5.74) is 2.58. The van der Waals surface area contributed by atoms with Crippen molar-refractivity contribution in [1.29, 1.82) is 0 Å². The number of hydrogen-bond donors (Lipinski definition) is 1. The fourth-order valence-electron chi connectivity index (χ4n) is 9.45. The first-order chi connectivity index (χ1) is 26.4. The number of fused-ring (bicyclic) bond motifs is 4. The predicted molar refractivity (Wildman–Crippen MR) is 212 cm³/mol. The average molecular weight is 791 g/mol. The lowest BCUT2D eigenvalue weighted by molar-refractivity contribution is -0.118. The summed E-state index contributed by atoms with van der Waals surface area (Å²) in [6.45, 7) is 4.36. The van der Waals surface area contributed by atoms with E-state index in [4.69, 9.17) is 25.8 Å². The highest BCUT2D eigenvalue weighted by atomic mass is 35.5. The summed E-state index contributed by atoms with van der Waals surface area (Å²) in [4.78, 5) is 36.2. The lowest BCUT2D eigenvalue weighted by Gasteiger charge is -2.47. The van der Waals surface area contributed by atoms with Crippen LogP contribution >= 0.6 is 11.6 Å². The SMILES string of the molecule is CO[C@H]1/C=C\C[C@H](C)CS(=O)(NC(=O)N2CC(OC)(c3nccn3C)C2)=NC(=O)c2ccc3c(c2)N(C[C@@H]2CC[C@H]21)C[C@@]1(CCCc2cc(Cl)ccc21)CO3. The van der Waals surface area contributed by atoms with Crippen molar-refractivity contribution in [3.8, 4) is 5.75 Å². The number of ether oxygens (including phenoxy) is 3. The molecule has 6 atom stereocenters. The van der Waals surface area contributed by atoms with Gasteiger partial charge in [-0.15, -0.1) is 4.36 Å². The monoisotopic (exact) mass is 790 g/mol. The Morgan fingerprint density at radius 1 is 1.13 bits per heavy atom. The van der Waals surface area contributed by atoms with Gasteiger partial charge in [0.05, 0.1) is 37.2 Å². The fraction of sp³-hybridized carbons (Fsp3) is 0.537. The van der Waals surface area contributed by atoms with E-state index in [1.165, 1.54) is 16.0 Å². The van der Waals surface area contributed by atoms with Crippen LogP contribution in [0.3, 0.4) is 0 Å². The van der Waals surface area contributed by atoms with Gasteiger partial charge >= 0.3 is 6.03 Å². The van der Waals surface area contributed by atoms with Gasteiger partial charge in [-0.25, -0.2) is 14.0 Å². The minimum Gasteiger partial charge on any atom is -0.490 e. The predicted octanol–water partition coefficient (Wildman–Crippen LogP) is 6.27. The first kappa shape index (κ1) is 38.0. The second-order valence-corrected chi connectivity index (χ2v) is 18.7. The van der Waals surface area contributed by atoms with Crippen LogP contribution in [-0.2, 0) is 43.9 Å². The topological polar surface area (TPSA) is 128 Å². The molecular weight excluding hydrogens is 740 g/mol. The van der Waals surface area contributed by atoms with Crippen LogP contribution in [0.2, 0.25) is 5.02 Å². The van der Waals surface area contributed by atoms with Crippen LogP contribution in [0.5, 0.6) is 5.75 Å². The van der Waals surface area contributed by atoms with Crippen molar-refractivity contribution in [1.82, 2.24) is 19.2 Å². The highest BCUT2D eigenvalue weighted by Gasteiger charge is 2.50. The second-order valence-electron chi connectivity index (χ2n) is 16.3. The van der Waals surface area contributed by atoms with Gasteiger partial charge in [0.2, 0.25) is 0 Å². The third kappa shape index (κ3) is 7.17. The molecule has 8 rings (SSSR count). The molecule has 12 nitrogen and oxygen atoms in total. The number of allylic oxidation sites excluding steroid dienone is 1. The zero-order valence-corrected chi connectivity index (χ0v) is 33.6. The van der Waals surface area contributed by atoms with Gasteiger partial charge in [-0.3, -0.25) is 9.52 Å². The molecule has 1 saturated heterocycles. The number of halogens is 1. The van der Waals surface area contributed by atoms with Crippen LogP contribution in [-0.4, -0.2) is 89.5 Å². The number of methoxy groups -OCH3 is 2. The summed E-state index contributed by atoms with van der Waals surface area (Å²) >= 11 is 6.47. The molecule has 55 heavy (non-hydrogen) atoms. The van der Waals surface area contributed by atoms with Gasteiger partial charge in [-0.05, 0) is 97.7 Å². The Kier molecular flexibility index (Phi) is 10.3.